The molecule has 0 aliphatic rings. The number of nitrogens with zero attached hydrogens (tertiary/aromatic N) is 2. The van der Waals surface area contributed by atoms with Crippen molar-refractivity contribution in [2.75, 3.05) is 17.7 Å². The lowest BCUT2D eigenvalue weighted by molar-refractivity contribution is -0.115. The standard InChI is InChI=1S/C26H24N4O3/c1-18-6-3-7-19(12-18)13-25(31)28-22-16-27-30(17-22)23-10-4-8-20(14-23)26(32)29-21-9-5-11-24(15-21)33-2/h3-12,14-17H,13H2,1-2H3,(H,28,31)(H,29,32). The van der Waals surface area contributed by atoms with Gasteiger partial charge in [-0.3, -0.25) is 9.59 Å². The largest absolute Gasteiger partial charge is 0.497 e. The highest BCUT2D eigenvalue weighted by Gasteiger charge is 2.10. The predicted molar refractivity (Wildman–Crippen MR) is 128 cm³/mol. The van der Waals surface area contributed by atoms with E-state index >= 15 is 0 Å². The molecule has 33 heavy (non-hydrogen) atoms. The maximum Gasteiger partial charge on any atom is 0.255 e. The summed E-state index contributed by atoms with van der Waals surface area (Å²) in [7, 11) is 1.58. The van der Waals surface area contributed by atoms with Crippen molar-refractivity contribution < 1.29 is 14.3 Å². The number of hydrogen-bond donors (Lipinski definition) is 2. The minimum atomic E-state index is -0.246. The summed E-state index contributed by atoms with van der Waals surface area (Å²) in [5.41, 5.74) is 4.47. The van der Waals surface area contributed by atoms with Gasteiger partial charge in [-0.15, -0.1) is 0 Å². The Morgan fingerprint density at radius 3 is 2.58 bits per heavy atom. The Kier molecular flexibility index (Phi) is 6.50. The molecule has 2 amide bonds. The Morgan fingerprint density at radius 1 is 0.939 bits per heavy atom. The van der Waals surface area contributed by atoms with E-state index in [1.807, 2.05) is 49.4 Å². The zero-order valence-corrected chi connectivity index (χ0v) is 18.4. The second-order valence-corrected chi connectivity index (χ2v) is 7.62. The summed E-state index contributed by atoms with van der Waals surface area (Å²) >= 11 is 0. The molecule has 0 fully saturated rings. The highest BCUT2D eigenvalue weighted by molar-refractivity contribution is 6.04. The topological polar surface area (TPSA) is 85.2 Å². The first kappa shape index (κ1) is 21.8. The fraction of sp³-hybridized carbons (Fsp3) is 0.115. The van der Waals surface area contributed by atoms with Crippen LogP contribution in [0, 0.1) is 6.92 Å². The Balaban J connectivity index is 1.43. The van der Waals surface area contributed by atoms with Crippen LogP contribution < -0.4 is 15.4 Å². The van der Waals surface area contributed by atoms with E-state index in [0.29, 0.717) is 28.4 Å². The molecule has 3 aromatic carbocycles. The molecule has 1 heterocycles. The van der Waals surface area contributed by atoms with E-state index in [1.165, 1.54) is 0 Å². The van der Waals surface area contributed by atoms with Crippen LogP contribution in [0.4, 0.5) is 11.4 Å². The molecule has 166 valence electrons. The van der Waals surface area contributed by atoms with E-state index in [-0.39, 0.29) is 18.2 Å². The van der Waals surface area contributed by atoms with Gasteiger partial charge in [0.05, 0.1) is 37.3 Å². The number of rotatable bonds is 7. The van der Waals surface area contributed by atoms with E-state index < -0.39 is 0 Å². The number of methoxy groups -OCH3 is 1. The molecule has 7 heteroatoms. The van der Waals surface area contributed by atoms with Gasteiger partial charge in [-0.05, 0) is 42.8 Å². The molecule has 0 radical (unpaired) electrons. The zero-order valence-electron chi connectivity index (χ0n) is 18.4. The van der Waals surface area contributed by atoms with Gasteiger partial charge < -0.3 is 15.4 Å². The number of hydrogen-bond acceptors (Lipinski definition) is 4. The molecular weight excluding hydrogens is 416 g/mol. The van der Waals surface area contributed by atoms with Crippen molar-refractivity contribution >= 4 is 23.2 Å². The lowest BCUT2D eigenvalue weighted by Gasteiger charge is -2.08. The highest BCUT2D eigenvalue weighted by Crippen LogP contribution is 2.19. The Labute approximate surface area is 192 Å². The molecule has 0 spiro atoms. The van der Waals surface area contributed by atoms with E-state index in [0.717, 1.165) is 11.1 Å². The quantitative estimate of drug-likeness (QED) is 0.439. The Hall–Kier alpha value is -4.39. The number of benzene rings is 3. The van der Waals surface area contributed by atoms with Gasteiger partial charge in [0.25, 0.3) is 5.91 Å². The third-order valence-electron chi connectivity index (χ3n) is 5.01. The third kappa shape index (κ3) is 5.65. The minimum absolute atomic E-state index is 0.119. The fourth-order valence-electron chi connectivity index (χ4n) is 3.43. The number of carbonyl (C=O) groups is 2. The molecule has 0 unspecified atom stereocenters. The SMILES string of the molecule is COc1cccc(NC(=O)c2cccc(-n3cc(NC(=O)Cc4cccc(C)c4)cn3)c2)c1. The normalized spacial score (nSPS) is 10.5. The first-order valence-electron chi connectivity index (χ1n) is 10.5. The average molecular weight is 441 g/mol. The summed E-state index contributed by atoms with van der Waals surface area (Å²) in [6, 6.07) is 22.1. The van der Waals surface area contributed by atoms with Crippen LogP contribution in [0.25, 0.3) is 5.69 Å². The van der Waals surface area contributed by atoms with Crippen molar-refractivity contribution in [3.8, 4) is 11.4 Å². The van der Waals surface area contributed by atoms with Gasteiger partial charge >= 0.3 is 0 Å². The van der Waals surface area contributed by atoms with Crippen LogP contribution in [-0.2, 0) is 11.2 Å². The van der Waals surface area contributed by atoms with Crippen LogP contribution in [0.15, 0.2) is 85.2 Å². The van der Waals surface area contributed by atoms with Crippen LogP contribution in [0.1, 0.15) is 21.5 Å². The fourth-order valence-corrected chi connectivity index (χ4v) is 3.43. The van der Waals surface area contributed by atoms with Crippen molar-refractivity contribution in [3.05, 3.63) is 102 Å². The zero-order chi connectivity index (χ0) is 23.2. The molecule has 0 aliphatic carbocycles. The van der Waals surface area contributed by atoms with E-state index in [9.17, 15) is 9.59 Å². The van der Waals surface area contributed by atoms with E-state index in [4.69, 9.17) is 4.74 Å². The number of anilines is 2. The summed E-state index contributed by atoms with van der Waals surface area (Å²) in [4.78, 5) is 25.1. The van der Waals surface area contributed by atoms with Gasteiger partial charge in [-0.25, -0.2) is 4.68 Å². The van der Waals surface area contributed by atoms with E-state index in [1.54, 1.807) is 54.5 Å². The van der Waals surface area contributed by atoms with Crippen molar-refractivity contribution in [2.24, 2.45) is 0 Å². The number of amides is 2. The summed E-state index contributed by atoms with van der Waals surface area (Å²) in [5, 5.41) is 10.1. The second-order valence-electron chi connectivity index (χ2n) is 7.62. The summed E-state index contributed by atoms with van der Waals surface area (Å²) < 4.78 is 6.81. The summed E-state index contributed by atoms with van der Waals surface area (Å²) in [5.74, 6) is 0.297. The molecule has 0 atom stereocenters. The van der Waals surface area contributed by atoms with Crippen LogP contribution >= 0.6 is 0 Å². The summed E-state index contributed by atoms with van der Waals surface area (Å²) in [6.45, 7) is 2.00. The Morgan fingerprint density at radius 2 is 1.76 bits per heavy atom. The molecule has 2 N–H and O–H groups in total. The van der Waals surface area contributed by atoms with E-state index in [2.05, 4.69) is 15.7 Å². The van der Waals surface area contributed by atoms with Crippen molar-refractivity contribution in [3.63, 3.8) is 0 Å². The Bertz CT molecular complexity index is 1300. The summed E-state index contributed by atoms with van der Waals surface area (Å²) in [6.07, 6.45) is 3.58. The number of aryl methyl sites for hydroxylation is 1. The van der Waals surface area contributed by atoms with Gasteiger partial charge in [0.2, 0.25) is 5.91 Å². The molecule has 0 saturated carbocycles. The lowest BCUT2D eigenvalue weighted by atomic mass is 10.1. The van der Waals surface area contributed by atoms with Gasteiger partial charge in [0.15, 0.2) is 0 Å². The van der Waals surface area contributed by atoms with Crippen molar-refractivity contribution in [1.82, 2.24) is 9.78 Å². The predicted octanol–water partition coefficient (Wildman–Crippen LogP) is 4.62. The number of carbonyl (C=O) groups excluding carboxylic acids is 2. The third-order valence-corrected chi connectivity index (χ3v) is 5.01. The van der Waals surface area contributed by atoms with Crippen LogP contribution in [-0.4, -0.2) is 28.7 Å². The lowest BCUT2D eigenvalue weighted by Crippen LogP contribution is -2.14. The molecule has 0 bridgehead atoms. The van der Waals surface area contributed by atoms with Gasteiger partial charge in [-0.2, -0.15) is 5.10 Å². The molecule has 4 rings (SSSR count). The van der Waals surface area contributed by atoms with Crippen LogP contribution in [0.5, 0.6) is 5.75 Å². The number of aromatic nitrogens is 2. The van der Waals surface area contributed by atoms with Crippen LogP contribution in [0.3, 0.4) is 0 Å². The van der Waals surface area contributed by atoms with Crippen molar-refractivity contribution in [1.29, 1.82) is 0 Å². The number of nitrogens with one attached hydrogen (secondary N) is 2. The highest BCUT2D eigenvalue weighted by atomic mass is 16.5. The van der Waals surface area contributed by atoms with Crippen molar-refractivity contribution in [2.45, 2.75) is 13.3 Å². The van der Waals surface area contributed by atoms with Gasteiger partial charge in [0.1, 0.15) is 5.75 Å². The first-order chi connectivity index (χ1) is 16.0. The molecule has 0 aliphatic heterocycles. The maximum atomic E-state index is 12.7. The number of ether oxygens (including phenoxy) is 1. The van der Waals surface area contributed by atoms with Gasteiger partial charge in [-0.1, -0.05) is 42.0 Å². The monoisotopic (exact) mass is 440 g/mol. The second kappa shape index (κ2) is 9.82. The molecular formula is C26H24N4O3. The maximum absolute atomic E-state index is 12.7. The smallest absolute Gasteiger partial charge is 0.255 e. The average Bonchev–Trinajstić information content (AvgIpc) is 3.27. The first-order valence-corrected chi connectivity index (χ1v) is 10.5. The van der Waals surface area contributed by atoms with Crippen LogP contribution in [0.2, 0.25) is 0 Å². The minimum Gasteiger partial charge on any atom is -0.497 e. The molecule has 1 aromatic heterocycles. The molecule has 7 nitrogen and oxygen atoms in total. The molecule has 4 aromatic rings. The van der Waals surface area contributed by atoms with Gasteiger partial charge in [0, 0.05) is 17.3 Å². The molecule has 0 saturated heterocycles.